The largest absolute Gasteiger partial charge is 0.372 e. The Morgan fingerprint density at radius 3 is 2.32 bits per heavy atom. The zero-order chi connectivity index (χ0) is 17.6. The summed E-state index contributed by atoms with van der Waals surface area (Å²) < 4.78 is 0. The van der Waals surface area contributed by atoms with E-state index in [2.05, 4.69) is 44.8 Å². The van der Waals surface area contributed by atoms with Crippen LogP contribution in [0.15, 0.2) is 48.8 Å². The maximum Gasteiger partial charge on any atom is 0.315 e. The molecule has 2 atom stereocenters. The predicted octanol–water partition coefficient (Wildman–Crippen LogP) is 3.80. The van der Waals surface area contributed by atoms with Gasteiger partial charge in [-0.2, -0.15) is 0 Å². The van der Waals surface area contributed by atoms with Crippen LogP contribution >= 0.6 is 0 Å². The maximum atomic E-state index is 12.3. The van der Waals surface area contributed by atoms with Gasteiger partial charge in [0.2, 0.25) is 0 Å². The van der Waals surface area contributed by atoms with E-state index >= 15 is 0 Å². The van der Waals surface area contributed by atoms with Crippen LogP contribution in [-0.2, 0) is 0 Å². The highest BCUT2D eigenvalue weighted by molar-refractivity contribution is 5.75. The van der Waals surface area contributed by atoms with Crippen molar-refractivity contribution in [1.29, 1.82) is 0 Å². The van der Waals surface area contributed by atoms with Crippen LogP contribution < -0.4 is 15.5 Å². The average molecular weight is 338 g/mol. The Morgan fingerprint density at radius 2 is 1.64 bits per heavy atom. The topological polar surface area (TPSA) is 57.3 Å². The van der Waals surface area contributed by atoms with Gasteiger partial charge in [0.15, 0.2) is 0 Å². The molecule has 2 heterocycles. The number of anilines is 1. The lowest BCUT2D eigenvalue weighted by Gasteiger charge is -2.22. The van der Waals surface area contributed by atoms with Gasteiger partial charge in [-0.15, -0.1) is 0 Å². The molecule has 2 N–H and O–H groups in total. The number of nitrogens with zero attached hydrogens (tertiary/aromatic N) is 2. The number of carbonyl (C=O) groups is 1. The Morgan fingerprint density at radius 1 is 1.00 bits per heavy atom. The minimum Gasteiger partial charge on any atom is -0.372 e. The van der Waals surface area contributed by atoms with E-state index in [1.165, 1.54) is 18.5 Å². The van der Waals surface area contributed by atoms with Gasteiger partial charge >= 0.3 is 6.03 Å². The van der Waals surface area contributed by atoms with Crippen LogP contribution in [0.5, 0.6) is 0 Å². The lowest BCUT2D eigenvalue weighted by atomic mass is 10.1. The maximum absolute atomic E-state index is 12.3. The van der Waals surface area contributed by atoms with Gasteiger partial charge in [0.25, 0.3) is 0 Å². The molecule has 5 heteroatoms. The van der Waals surface area contributed by atoms with Crippen LogP contribution in [0.3, 0.4) is 0 Å². The highest BCUT2D eigenvalue weighted by atomic mass is 16.2. The molecule has 3 rings (SSSR count). The molecule has 2 amide bonds. The minimum atomic E-state index is -0.164. The molecule has 1 aliphatic heterocycles. The van der Waals surface area contributed by atoms with Crippen LogP contribution in [0, 0.1) is 0 Å². The SMILES string of the molecule is C[C@H](NC(=O)N[C@H](C)c1cccc(N2CCCC2)c1)c1ccncc1. The number of hydrogen-bond donors (Lipinski definition) is 2. The Bertz CT molecular complexity index is 698. The molecular formula is C20H26N4O. The Hall–Kier alpha value is -2.56. The molecule has 0 unspecified atom stereocenters. The summed E-state index contributed by atoms with van der Waals surface area (Å²) in [6, 6.07) is 12.0. The van der Waals surface area contributed by atoms with E-state index in [0.717, 1.165) is 24.2 Å². The molecule has 132 valence electrons. The summed E-state index contributed by atoms with van der Waals surface area (Å²) in [7, 11) is 0. The van der Waals surface area contributed by atoms with E-state index in [1.54, 1.807) is 12.4 Å². The molecule has 0 radical (unpaired) electrons. The fourth-order valence-electron chi connectivity index (χ4n) is 3.22. The summed E-state index contributed by atoms with van der Waals surface area (Å²) in [6.45, 7) is 6.22. The molecule has 25 heavy (non-hydrogen) atoms. The first kappa shape index (κ1) is 17.3. The van der Waals surface area contributed by atoms with E-state index in [1.807, 2.05) is 26.0 Å². The Kier molecular flexibility index (Phi) is 5.53. The summed E-state index contributed by atoms with van der Waals surface area (Å²) in [5.74, 6) is 0. The predicted molar refractivity (Wildman–Crippen MR) is 101 cm³/mol. The molecule has 0 bridgehead atoms. The third kappa shape index (κ3) is 4.50. The fourth-order valence-corrected chi connectivity index (χ4v) is 3.22. The van der Waals surface area contributed by atoms with Crippen molar-refractivity contribution in [2.24, 2.45) is 0 Å². The van der Waals surface area contributed by atoms with Crippen LogP contribution in [0.4, 0.5) is 10.5 Å². The van der Waals surface area contributed by atoms with E-state index in [0.29, 0.717) is 0 Å². The number of carbonyl (C=O) groups excluding carboxylic acids is 1. The van der Waals surface area contributed by atoms with E-state index in [-0.39, 0.29) is 18.1 Å². The van der Waals surface area contributed by atoms with Crippen molar-refractivity contribution in [3.05, 3.63) is 59.9 Å². The monoisotopic (exact) mass is 338 g/mol. The number of aromatic nitrogens is 1. The van der Waals surface area contributed by atoms with Crippen LogP contribution in [0.1, 0.15) is 49.9 Å². The summed E-state index contributed by atoms with van der Waals surface area (Å²) in [6.07, 6.45) is 5.98. The molecular weight excluding hydrogens is 312 g/mol. The van der Waals surface area contributed by atoms with Gasteiger partial charge in [0, 0.05) is 31.2 Å². The minimum absolute atomic E-state index is 0.0489. The normalized spacial score (nSPS) is 16.3. The highest BCUT2D eigenvalue weighted by Gasteiger charge is 2.16. The summed E-state index contributed by atoms with van der Waals surface area (Å²) in [5, 5.41) is 6.01. The summed E-state index contributed by atoms with van der Waals surface area (Å²) in [4.78, 5) is 18.7. The van der Waals surface area contributed by atoms with Crippen molar-refractivity contribution in [2.45, 2.75) is 38.8 Å². The molecule has 5 nitrogen and oxygen atoms in total. The molecule has 2 aromatic rings. The van der Waals surface area contributed by atoms with Gasteiger partial charge in [-0.1, -0.05) is 12.1 Å². The van der Waals surface area contributed by atoms with Crippen molar-refractivity contribution < 1.29 is 4.79 Å². The second kappa shape index (κ2) is 8.01. The fraction of sp³-hybridized carbons (Fsp3) is 0.400. The van der Waals surface area contributed by atoms with Gasteiger partial charge in [-0.25, -0.2) is 4.79 Å². The van der Waals surface area contributed by atoms with E-state index in [9.17, 15) is 4.79 Å². The second-order valence-electron chi connectivity index (χ2n) is 6.63. The molecule has 1 aliphatic rings. The zero-order valence-corrected chi connectivity index (χ0v) is 14.9. The van der Waals surface area contributed by atoms with Gasteiger partial charge in [-0.3, -0.25) is 4.98 Å². The third-order valence-corrected chi connectivity index (χ3v) is 4.74. The van der Waals surface area contributed by atoms with Crippen molar-refractivity contribution in [2.75, 3.05) is 18.0 Å². The van der Waals surface area contributed by atoms with Crippen LogP contribution in [0.25, 0.3) is 0 Å². The first-order valence-electron chi connectivity index (χ1n) is 8.95. The Balaban J connectivity index is 1.59. The first-order chi connectivity index (χ1) is 12.1. The second-order valence-corrected chi connectivity index (χ2v) is 6.63. The van der Waals surface area contributed by atoms with Crippen molar-refractivity contribution in [3.63, 3.8) is 0 Å². The molecule has 1 fully saturated rings. The van der Waals surface area contributed by atoms with E-state index < -0.39 is 0 Å². The molecule has 0 spiro atoms. The van der Waals surface area contributed by atoms with Crippen molar-refractivity contribution in [1.82, 2.24) is 15.6 Å². The molecule has 1 aromatic heterocycles. The lowest BCUT2D eigenvalue weighted by Crippen LogP contribution is -2.38. The Labute approximate surface area is 149 Å². The zero-order valence-electron chi connectivity index (χ0n) is 14.9. The number of pyridine rings is 1. The number of hydrogen-bond acceptors (Lipinski definition) is 3. The van der Waals surface area contributed by atoms with Gasteiger partial charge in [0.1, 0.15) is 0 Å². The third-order valence-electron chi connectivity index (χ3n) is 4.74. The number of benzene rings is 1. The standard InChI is InChI=1S/C20H26N4O/c1-15(17-8-10-21-11-9-17)22-20(25)23-16(2)18-6-5-7-19(14-18)24-12-3-4-13-24/h5-11,14-16H,3-4,12-13H2,1-2H3,(H2,22,23,25)/t15-,16+/m0/s1. The molecule has 0 aliphatic carbocycles. The highest BCUT2D eigenvalue weighted by Crippen LogP contribution is 2.24. The molecule has 1 saturated heterocycles. The number of urea groups is 1. The average Bonchev–Trinajstić information content (AvgIpc) is 3.17. The molecule has 0 saturated carbocycles. The molecule has 1 aromatic carbocycles. The van der Waals surface area contributed by atoms with Crippen molar-refractivity contribution in [3.8, 4) is 0 Å². The van der Waals surface area contributed by atoms with Crippen molar-refractivity contribution >= 4 is 11.7 Å². The van der Waals surface area contributed by atoms with E-state index in [4.69, 9.17) is 0 Å². The number of amides is 2. The quantitative estimate of drug-likeness (QED) is 0.872. The van der Waals surface area contributed by atoms with Gasteiger partial charge in [0.05, 0.1) is 12.1 Å². The number of rotatable bonds is 5. The number of nitrogens with one attached hydrogen (secondary N) is 2. The lowest BCUT2D eigenvalue weighted by molar-refractivity contribution is 0.235. The summed E-state index contributed by atoms with van der Waals surface area (Å²) in [5.41, 5.74) is 3.40. The van der Waals surface area contributed by atoms with Crippen LogP contribution in [-0.4, -0.2) is 24.1 Å². The van der Waals surface area contributed by atoms with Crippen LogP contribution in [0.2, 0.25) is 0 Å². The van der Waals surface area contributed by atoms with Gasteiger partial charge < -0.3 is 15.5 Å². The smallest absolute Gasteiger partial charge is 0.315 e. The summed E-state index contributed by atoms with van der Waals surface area (Å²) >= 11 is 0. The van der Waals surface area contributed by atoms with Gasteiger partial charge in [-0.05, 0) is 62.1 Å². The first-order valence-corrected chi connectivity index (χ1v) is 8.95.